The van der Waals surface area contributed by atoms with Crippen molar-refractivity contribution in [3.05, 3.63) is 42.0 Å². The van der Waals surface area contributed by atoms with Gasteiger partial charge in [-0.1, -0.05) is 17.0 Å². The number of hydrogen-bond donors (Lipinski definition) is 2. The molecule has 0 saturated carbocycles. The normalized spacial score (nSPS) is 11.0. The van der Waals surface area contributed by atoms with Gasteiger partial charge in [0.05, 0.1) is 18.9 Å². The third-order valence-corrected chi connectivity index (χ3v) is 4.90. The van der Waals surface area contributed by atoms with Crippen LogP contribution in [0.3, 0.4) is 0 Å². The third-order valence-electron chi connectivity index (χ3n) is 4.05. The van der Waals surface area contributed by atoms with Crippen LogP contribution in [0.1, 0.15) is 18.5 Å². The van der Waals surface area contributed by atoms with Gasteiger partial charge in [0, 0.05) is 43.6 Å². The van der Waals surface area contributed by atoms with Crippen LogP contribution in [0.25, 0.3) is 11.5 Å². The lowest BCUT2D eigenvalue weighted by atomic mass is 10.2. The average Bonchev–Trinajstić information content (AvgIpc) is 3.42. The molecule has 3 aromatic rings. The molecule has 1 amide bonds. The van der Waals surface area contributed by atoms with Gasteiger partial charge in [-0.05, 0) is 30.7 Å². The van der Waals surface area contributed by atoms with Crippen LogP contribution in [-0.2, 0) is 21.8 Å². The summed E-state index contributed by atoms with van der Waals surface area (Å²) in [4.78, 5) is 11.8. The largest absolute Gasteiger partial charge is 0.411 e. The van der Waals surface area contributed by atoms with Crippen molar-refractivity contribution < 1.29 is 18.3 Å². The van der Waals surface area contributed by atoms with Crippen LogP contribution < -0.4 is 11.1 Å². The monoisotopic (exact) mass is 449 g/mol. The number of amides is 1. The highest BCUT2D eigenvalue weighted by atomic mass is 32.2. The van der Waals surface area contributed by atoms with Gasteiger partial charge >= 0.3 is 0 Å². The van der Waals surface area contributed by atoms with Gasteiger partial charge in [0.1, 0.15) is 5.82 Å². The van der Waals surface area contributed by atoms with Crippen molar-refractivity contribution in [3.63, 3.8) is 0 Å². The number of nitrogens with zero attached hydrogens (tertiary/aromatic N) is 5. The second-order valence-electron chi connectivity index (χ2n) is 6.50. The first kappa shape index (κ1) is 22.8. The minimum atomic E-state index is -0.325. The number of benzene rings is 1. The SMILES string of the molecule is NCCOCCNC(=O)CCCn1cc(CSc2nnc(-c3ccc(F)cc3)o2)nn1. The number of nitrogens with two attached hydrogens (primary N) is 1. The average molecular weight is 450 g/mol. The number of thioether (sulfide) groups is 1. The summed E-state index contributed by atoms with van der Waals surface area (Å²) in [6.07, 6.45) is 2.87. The van der Waals surface area contributed by atoms with Gasteiger partial charge in [-0.3, -0.25) is 9.48 Å². The van der Waals surface area contributed by atoms with Crippen molar-refractivity contribution in [2.75, 3.05) is 26.3 Å². The summed E-state index contributed by atoms with van der Waals surface area (Å²) in [6.45, 7) is 2.48. The highest BCUT2D eigenvalue weighted by Gasteiger charge is 2.11. The fraction of sp³-hybridized carbons (Fsp3) is 0.421. The lowest BCUT2D eigenvalue weighted by Gasteiger charge is -2.05. The maximum absolute atomic E-state index is 13.0. The Morgan fingerprint density at radius 1 is 1.23 bits per heavy atom. The Bertz CT molecular complexity index is 948. The highest BCUT2D eigenvalue weighted by Crippen LogP contribution is 2.25. The van der Waals surface area contributed by atoms with E-state index in [0.717, 1.165) is 5.69 Å². The fourth-order valence-corrected chi connectivity index (χ4v) is 3.20. The predicted molar refractivity (Wildman–Crippen MR) is 111 cm³/mol. The number of halogens is 1. The van der Waals surface area contributed by atoms with Gasteiger partial charge in [0.15, 0.2) is 0 Å². The van der Waals surface area contributed by atoms with Gasteiger partial charge in [0.2, 0.25) is 11.8 Å². The van der Waals surface area contributed by atoms with E-state index < -0.39 is 0 Å². The number of ether oxygens (including phenoxy) is 1. The molecule has 0 aliphatic heterocycles. The molecule has 0 aliphatic rings. The summed E-state index contributed by atoms with van der Waals surface area (Å²) < 4.78 is 25.5. The number of nitrogens with one attached hydrogen (secondary N) is 1. The lowest BCUT2D eigenvalue weighted by Crippen LogP contribution is -2.27. The molecule has 0 saturated heterocycles. The Morgan fingerprint density at radius 3 is 2.87 bits per heavy atom. The quantitative estimate of drug-likeness (QED) is 0.295. The molecule has 12 heteroatoms. The minimum absolute atomic E-state index is 0.0272. The smallest absolute Gasteiger partial charge is 0.277 e. The van der Waals surface area contributed by atoms with Crippen molar-refractivity contribution in [3.8, 4) is 11.5 Å². The predicted octanol–water partition coefficient (Wildman–Crippen LogP) is 1.63. The minimum Gasteiger partial charge on any atom is -0.411 e. The van der Waals surface area contributed by atoms with E-state index in [1.807, 2.05) is 6.20 Å². The van der Waals surface area contributed by atoms with E-state index in [0.29, 0.717) is 68.1 Å². The zero-order valence-electron chi connectivity index (χ0n) is 16.9. The summed E-state index contributed by atoms with van der Waals surface area (Å²) in [7, 11) is 0. The third kappa shape index (κ3) is 7.74. The van der Waals surface area contributed by atoms with Crippen LogP contribution in [0.2, 0.25) is 0 Å². The second-order valence-corrected chi connectivity index (χ2v) is 7.42. The van der Waals surface area contributed by atoms with E-state index in [1.165, 1.54) is 23.9 Å². The van der Waals surface area contributed by atoms with Gasteiger partial charge in [0.25, 0.3) is 5.22 Å². The Morgan fingerprint density at radius 2 is 2.06 bits per heavy atom. The van der Waals surface area contributed by atoms with Crippen LogP contribution in [0, 0.1) is 5.82 Å². The van der Waals surface area contributed by atoms with Crippen molar-refractivity contribution >= 4 is 17.7 Å². The summed E-state index contributed by atoms with van der Waals surface area (Å²) in [5.74, 6) is 0.486. The molecule has 0 unspecified atom stereocenters. The zero-order chi connectivity index (χ0) is 21.9. The highest BCUT2D eigenvalue weighted by molar-refractivity contribution is 7.98. The molecule has 10 nitrogen and oxygen atoms in total. The summed E-state index contributed by atoms with van der Waals surface area (Å²) in [5.41, 5.74) is 6.73. The lowest BCUT2D eigenvalue weighted by molar-refractivity contribution is -0.121. The van der Waals surface area contributed by atoms with E-state index in [1.54, 1.807) is 16.8 Å². The number of carbonyl (C=O) groups is 1. The van der Waals surface area contributed by atoms with Crippen LogP contribution >= 0.6 is 11.8 Å². The first-order valence-corrected chi connectivity index (χ1v) is 10.8. The topological polar surface area (TPSA) is 134 Å². The molecular weight excluding hydrogens is 425 g/mol. The molecule has 0 radical (unpaired) electrons. The number of rotatable bonds is 13. The Kier molecular flexibility index (Phi) is 8.94. The number of aromatic nitrogens is 5. The number of aryl methyl sites for hydroxylation is 1. The van der Waals surface area contributed by atoms with Gasteiger partial charge in [-0.15, -0.1) is 15.3 Å². The molecule has 2 aromatic heterocycles. The molecular formula is C19H24FN7O3S. The maximum atomic E-state index is 13.0. The van der Waals surface area contributed by atoms with Crippen molar-refractivity contribution in [1.82, 2.24) is 30.5 Å². The van der Waals surface area contributed by atoms with E-state index in [-0.39, 0.29) is 11.7 Å². The molecule has 0 spiro atoms. The molecule has 2 heterocycles. The van der Waals surface area contributed by atoms with E-state index in [9.17, 15) is 9.18 Å². The van der Waals surface area contributed by atoms with E-state index >= 15 is 0 Å². The summed E-state index contributed by atoms with van der Waals surface area (Å²) >= 11 is 1.33. The Balaban J connectivity index is 1.36. The molecule has 0 aliphatic carbocycles. The Labute approximate surface area is 182 Å². The van der Waals surface area contributed by atoms with Crippen molar-refractivity contribution in [2.45, 2.75) is 30.4 Å². The number of hydrogen-bond acceptors (Lipinski definition) is 9. The van der Waals surface area contributed by atoms with Gasteiger partial charge in [-0.2, -0.15) is 0 Å². The first-order chi connectivity index (χ1) is 15.1. The second kappa shape index (κ2) is 12.1. The molecule has 0 atom stereocenters. The molecule has 31 heavy (non-hydrogen) atoms. The molecule has 166 valence electrons. The fourth-order valence-electron chi connectivity index (χ4n) is 2.56. The number of carbonyl (C=O) groups excluding carboxylic acids is 1. The molecule has 3 rings (SSSR count). The molecule has 0 fully saturated rings. The maximum Gasteiger partial charge on any atom is 0.277 e. The van der Waals surface area contributed by atoms with Crippen molar-refractivity contribution in [1.29, 1.82) is 0 Å². The van der Waals surface area contributed by atoms with Crippen LogP contribution in [0.15, 0.2) is 40.1 Å². The molecule has 0 bridgehead atoms. The van der Waals surface area contributed by atoms with Gasteiger partial charge in [-0.25, -0.2) is 4.39 Å². The first-order valence-electron chi connectivity index (χ1n) is 9.80. The van der Waals surface area contributed by atoms with Crippen molar-refractivity contribution in [2.24, 2.45) is 5.73 Å². The molecule has 1 aromatic carbocycles. The summed E-state index contributed by atoms with van der Waals surface area (Å²) in [5, 5.41) is 19.3. The van der Waals surface area contributed by atoms with Gasteiger partial charge < -0.3 is 20.2 Å². The zero-order valence-corrected chi connectivity index (χ0v) is 17.7. The standard InChI is InChI=1S/C19H24FN7O3S/c20-15-5-3-14(4-6-15)18-24-25-19(30-18)31-13-16-12-27(26-23-16)9-1-2-17(28)22-8-11-29-10-7-21/h3-6,12H,1-2,7-11,13,21H2,(H,22,28). The molecule has 3 N–H and O–H groups in total. The van der Waals surface area contributed by atoms with Crippen LogP contribution in [-0.4, -0.2) is 57.4 Å². The van der Waals surface area contributed by atoms with E-state index in [4.69, 9.17) is 14.9 Å². The van der Waals surface area contributed by atoms with E-state index in [2.05, 4.69) is 25.8 Å². The Hall–Kier alpha value is -2.83. The van der Waals surface area contributed by atoms with Crippen LogP contribution in [0.4, 0.5) is 4.39 Å². The summed E-state index contributed by atoms with van der Waals surface area (Å²) in [6, 6.07) is 5.84. The van der Waals surface area contributed by atoms with Crippen LogP contribution in [0.5, 0.6) is 0 Å².